The maximum atomic E-state index is 13.7. The zero-order valence-electron chi connectivity index (χ0n) is 11.2. The van der Waals surface area contributed by atoms with Crippen LogP contribution in [0.4, 0.5) is 10.1 Å². The molecule has 1 aromatic carbocycles. The lowest BCUT2D eigenvalue weighted by molar-refractivity contribution is 0.486. The molecule has 0 amide bonds. The summed E-state index contributed by atoms with van der Waals surface area (Å²) in [5.74, 6) is -1.08. The number of sulfonamides is 2. The fourth-order valence-electron chi connectivity index (χ4n) is 2.42. The lowest BCUT2D eigenvalue weighted by atomic mass is 10.0. The van der Waals surface area contributed by atoms with E-state index in [0.29, 0.717) is 12.8 Å². The Balaban J connectivity index is 2.22. The number of anilines is 1. The zero-order chi connectivity index (χ0) is 15.7. The molecule has 0 spiro atoms. The molecule has 0 bridgehead atoms. The topological polar surface area (TPSA) is 106 Å². The van der Waals surface area contributed by atoms with Crippen molar-refractivity contribution in [3.8, 4) is 0 Å². The SMILES string of the molecule is NS(=O)(=O)c1ccc(NS(=O)(=O)C2CCCCC2)cc1F. The van der Waals surface area contributed by atoms with Crippen molar-refractivity contribution in [2.45, 2.75) is 42.2 Å². The van der Waals surface area contributed by atoms with Gasteiger partial charge in [0.15, 0.2) is 0 Å². The van der Waals surface area contributed by atoms with Crippen LogP contribution < -0.4 is 9.86 Å². The molecule has 0 radical (unpaired) electrons. The van der Waals surface area contributed by atoms with Crippen LogP contribution in [0.2, 0.25) is 0 Å². The molecule has 1 fully saturated rings. The molecular weight excluding hydrogens is 319 g/mol. The van der Waals surface area contributed by atoms with E-state index in [1.165, 1.54) is 6.07 Å². The van der Waals surface area contributed by atoms with Gasteiger partial charge < -0.3 is 0 Å². The third-order valence-corrected chi connectivity index (χ3v) is 6.30. The van der Waals surface area contributed by atoms with Crippen molar-refractivity contribution in [3.05, 3.63) is 24.0 Å². The van der Waals surface area contributed by atoms with E-state index in [4.69, 9.17) is 5.14 Å². The van der Waals surface area contributed by atoms with E-state index in [-0.39, 0.29) is 5.69 Å². The molecule has 0 saturated heterocycles. The molecule has 2 rings (SSSR count). The number of benzene rings is 1. The average Bonchev–Trinajstić information content (AvgIpc) is 2.37. The Morgan fingerprint density at radius 2 is 1.71 bits per heavy atom. The van der Waals surface area contributed by atoms with Gasteiger partial charge >= 0.3 is 0 Å². The van der Waals surface area contributed by atoms with E-state index >= 15 is 0 Å². The normalized spacial score (nSPS) is 17.6. The zero-order valence-corrected chi connectivity index (χ0v) is 12.9. The monoisotopic (exact) mass is 336 g/mol. The van der Waals surface area contributed by atoms with Gasteiger partial charge in [0.1, 0.15) is 10.7 Å². The second-order valence-electron chi connectivity index (χ2n) is 5.10. The average molecular weight is 336 g/mol. The second-order valence-corrected chi connectivity index (χ2v) is 8.59. The summed E-state index contributed by atoms with van der Waals surface area (Å²) >= 11 is 0. The summed E-state index contributed by atoms with van der Waals surface area (Å²) in [4.78, 5) is -0.664. The van der Waals surface area contributed by atoms with Crippen molar-refractivity contribution < 1.29 is 21.2 Å². The van der Waals surface area contributed by atoms with E-state index < -0.39 is 36.0 Å². The molecule has 21 heavy (non-hydrogen) atoms. The lowest BCUT2D eigenvalue weighted by Crippen LogP contribution is -2.29. The van der Waals surface area contributed by atoms with Crippen LogP contribution in [0.1, 0.15) is 32.1 Å². The molecule has 1 aliphatic rings. The number of hydrogen-bond donors (Lipinski definition) is 2. The Kier molecular flexibility index (Phi) is 4.54. The minimum atomic E-state index is -4.17. The van der Waals surface area contributed by atoms with E-state index in [1.54, 1.807) is 0 Å². The van der Waals surface area contributed by atoms with Crippen molar-refractivity contribution in [2.75, 3.05) is 4.72 Å². The van der Waals surface area contributed by atoms with Gasteiger partial charge in [-0.15, -0.1) is 0 Å². The maximum Gasteiger partial charge on any atom is 0.240 e. The standard InChI is InChI=1S/C12H17FN2O4S2/c13-11-8-9(6-7-12(11)20(14,16)17)15-21(18,19)10-4-2-1-3-5-10/h6-8,10,15H,1-5H2,(H2,14,16,17). The number of primary sulfonamides is 1. The van der Waals surface area contributed by atoms with Crippen LogP contribution in [-0.4, -0.2) is 22.1 Å². The molecule has 118 valence electrons. The third-order valence-electron chi connectivity index (χ3n) is 3.49. The Bertz CT molecular complexity index is 726. The van der Waals surface area contributed by atoms with Gasteiger partial charge in [-0.1, -0.05) is 19.3 Å². The highest BCUT2D eigenvalue weighted by Gasteiger charge is 2.27. The van der Waals surface area contributed by atoms with Gasteiger partial charge in [-0.2, -0.15) is 0 Å². The molecule has 9 heteroatoms. The Labute approximate surface area is 123 Å². The quantitative estimate of drug-likeness (QED) is 0.870. The van der Waals surface area contributed by atoms with Crippen LogP contribution in [0, 0.1) is 5.82 Å². The van der Waals surface area contributed by atoms with Crippen LogP contribution >= 0.6 is 0 Å². The highest BCUT2D eigenvalue weighted by Crippen LogP contribution is 2.26. The first-order valence-electron chi connectivity index (χ1n) is 6.54. The van der Waals surface area contributed by atoms with E-state index in [1.807, 2.05) is 0 Å². The summed E-state index contributed by atoms with van der Waals surface area (Å²) in [6, 6.07) is 2.95. The highest BCUT2D eigenvalue weighted by atomic mass is 32.2. The van der Waals surface area contributed by atoms with Crippen LogP contribution in [0.5, 0.6) is 0 Å². The molecule has 1 aromatic rings. The van der Waals surface area contributed by atoms with Crippen molar-refractivity contribution in [1.82, 2.24) is 0 Å². The molecule has 0 unspecified atom stereocenters. The number of rotatable bonds is 4. The lowest BCUT2D eigenvalue weighted by Gasteiger charge is -2.22. The molecule has 0 aromatic heterocycles. The summed E-state index contributed by atoms with van der Waals surface area (Å²) in [7, 11) is -7.77. The molecule has 0 atom stereocenters. The molecule has 0 heterocycles. The van der Waals surface area contributed by atoms with Crippen LogP contribution in [-0.2, 0) is 20.0 Å². The van der Waals surface area contributed by atoms with Gasteiger partial charge in [0.05, 0.1) is 10.9 Å². The van der Waals surface area contributed by atoms with Crippen LogP contribution in [0.15, 0.2) is 23.1 Å². The minimum Gasteiger partial charge on any atom is -0.283 e. The first-order chi connectivity index (χ1) is 9.70. The van der Waals surface area contributed by atoms with Gasteiger partial charge in [-0.3, -0.25) is 4.72 Å². The summed E-state index contributed by atoms with van der Waals surface area (Å²) in [6.45, 7) is 0. The summed E-state index contributed by atoms with van der Waals surface area (Å²) in [5.41, 5.74) is -0.00882. The summed E-state index contributed by atoms with van der Waals surface area (Å²) < 4.78 is 62.5. The van der Waals surface area contributed by atoms with Crippen LogP contribution in [0.25, 0.3) is 0 Å². The number of nitrogens with two attached hydrogens (primary N) is 1. The fourth-order valence-corrected chi connectivity index (χ4v) is 4.58. The Morgan fingerprint density at radius 3 is 2.24 bits per heavy atom. The van der Waals surface area contributed by atoms with E-state index in [0.717, 1.165) is 31.4 Å². The van der Waals surface area contributed by atoms with E-state index in [9.17, 15) is 21.2 Å². The Hall–Kier alpha value is -1.19. The van der Waals surface area contributed by atoms with E-state index in [2.05, 4.69) is 4.72 Å². The maximum absolute atomic E-state index is 13.7. The molecule has 3 N–H and O–H groups in total. The first kappa shape index (κ1) is 16.2. The molecular formula is C12H17FN2O4S2. The Morgan fingerprint density at radius 1 is 1.10 bits per heavy atom. The fraction of sp³-hybridized carbons (Fsp3) is 0.500. The molecule has 1 aliphatic carbocycles. The highest BCUT2D eigenvalue weighted by molar-refractivity contribution is 7.93. The predicted molar refractivity (Wildman–Crippen MR) is 77.2 cm³/mol. The van der Waals surface area contributed by atoms with Gasteiger partial charge in [-0.25, -0.2) is 26.4 Å². The summed E-state index contributed by atoms with van der Waals surface area (Å²) in [6.07, 6.45) is 3.87. The van der Waals surface area contributed by atoms with Crippen molar-refractivity contribution in [2.24, 2.45) is 5.14 Å². The predicted octanol–water partition coefficient (Wildman–Crippen LogP) is 1.55. The van der Waals surface area contributed by atoms with Gasteiger partial charge in [-0.05, 0) is 31.0 Å². The molecule has 0 aliphatic heterocycles. The molecule has 6 nitrogen and oxygen atoms in total. The van der Waals surface area contributed by atoms with Crippen LogP contribution in [0.3, 0.4) is 0 Å². The number of nitrogens with one attached hydrogen (secondary N) is 1. The van der Waals surface area contributed by atoms with Crippen molar-refractivity contribution in [3.63, 3.8) is 0 Å². The number of hydrogen-bond acceptors (Lipinski definition) is 4. The minimum absolute atomic E-state index is 0.00882. The van der Waals surface area contributed by atoms with Gasteiger partial charge in [0.25, 0.3) is 0 Å². The third kappa shape index (κ3) is 3.92. The smallest absolute Gasteiger partial charge is 0.240 e. The van der Waals surface area contributed by atoms with Gasteiger partial charge in [0, 0.05) is 0 Å². The summed E-state index contributed by atoms with van der Waals surface area (Å²) in [5, 5.41) is 4.35. The first-order valence-corrected chi connectivity index (χ1v) is 9.63. The van der Waals surface area contributed by atoms with Gasteiger partial charge in [0.2, 0.25) is 20.0 Å². The van der Waals surface area contributed by atoms with Crippen molar-refractivity contribution in [1.29, 1.82) is 0 Å². The largest absolute Gasteiger partial charge is 0.283 e. The second kappa shape index (κ2) is 5.90. The molecule has 1 saturated carbocycles. The number of halogens is 1. The van der Waals surface area contributed by atoms with Crippen molar-refractivity contribution >= 4 is 25.7 Å².